The molecule has 0 bridgehead atoms. The second-order valence-corrected chi connectivity index (χ2v) is 7.17. The smallest absolute Gasteiger partial charge is 0.0964 e. The third-order valence-corrected chi connectivity index (χ3v) is 5.87. The fraction of sp³-hybridized carbons (Fsp3) is 0.0526. The Kier molecular flexibility index (Phi) is 4.03. The van der Waals surface area contributed by atoms with E-state index in [2.05, 4.69) is 60.7 Å². The summed E-state index contributed by atoms with van der Waals surface area (Å²) in [5.41, 5.74) is 0.907. The van der Waals surface area contributed by atoms with Crippen molar-refractivity contribution in [1.29, 1.82) is 0 Å². The largest absolute Gasteiger partial charge is 0.512 e. The molecule has 104 valence electrons. The third-order valence-electron chi connectivity index (χ3n) is 3.44. The highest BCUT2D eigenvalue weighted by Crippen LogP contribution is 2.46. The number of aliphatic hydroxyl groups is 1. The Morgan fingerprint density at radius 1 is 0.810 bits per heavy atom. The lowest BCUT2D eigenvalue weighted by molar-refractivity contribution is 0.411. The van der Waals surface area contributed by atoms with Crippen LogP contribution in [-0.2, 0) is 0 Å². The average molecular weight is 292 g/mol. The molecule has 2 aromatic rings. The molecule has 0 spiro atoms. The Labute approximate surface area is 126 Å². The number of hydrogen-bond acceptors (Lipinski definition) is 1. The van der Waals surface area contributed by atoms with Crippen LogP contribution in [0.2, 0.25) is 0 Å². The van der Waals surface area contributed by atoms with Crippen molar-refractivity contribution in [1.82, 2.24) is 0 Å². The first-order valence-corrected chi connectivity index (χ1v) is 8.30. The van der Waals surface area contributed by atoms with E-state index in [-0.39, 0.29) is 0 Å². The van der Waals surface area contributed by atoms with Crippen LogP contribution in [0.25, 0.3) is 0 Å². The molecule has 2 heteroatoms. The van der Waals surface area contributed by atoms with E-state index in [9.17, 15) is 5.11 Å². The van der Waals surface area contributed by atoms with Crippen LogP contribution in [0.3, 0.4) is 0 Å². The van der Waals surface area contributed by atoms with Gasteiger partial charge in [-0.1, -0.05) is 72.8 Å². The van der Waals surface area contributed by atoms with Crippen LogP contribution in [0, 0.1) is 0 Å². The van der Waals surface area contributed by atoms with Crippen molar-refractivity contribution in [2.45, 2.75) is 6.92 Å². The van der Waals surface area contributed by atoms with Crippen LogP contribution >= 0.6 is 7.92 Å². The minimum atomic E-state index is -0.574. The van der Waals surface area contributed by atoms with E-state index in [0.717, 1.165) is 5.57 Å². The number of allylic oxidation sites excluding steroid dienone is 6. The molecular formula is C19H17OP. The molecule has 0 radical (unpaired) electrons. The standard InChI is InChI=1S/C19H17OP/c1-15(20)16-12-13-19(14-16)21(17-8-4-2-5-9-17)18-10-6-3-7-11-18/h2-14,20H,1H3. The van der Waals surface area contributed by atoms with Gasteiger partial charge in [0.15, 0.2) is 0 Å². The Morgan fingerprint density at radius 3 is 1.76 bits per heavy atom. The van der Waals surface area contributed by atoms with Crippen LogP contribution in [-0.4, -0.2) is 5.11 Å². The molecule has 2 aromatic carbocycles. The average Bonchev–Trinajstić information content (AvgIpc) is 3.00. The van der Waals surface area contributed by atoms with Gasteiger partial charge in [0.2, 0.25) is 0 Å². The summed E-state index contributed by atoms with van der Waals surface area (Å²) in [6, 6.07) is 21.2. The second-order valence-electron chi connectivity index (χ2n) is 4.95. The molecule has 21 heavy (non-hydrogen) atoms. The summed E-state index contributed by atoms with van der Waals surface area (Å²) in [6.07, 6.45) is 6.22. The minimum absolute atomic E-state index is 0.373. The SMILES string of the molecule is CC(O)=C1C=CC(P(c2ccccc2)c2ccccc2)=C1. The quantitative estimate of drug-likeness (QED) is 0.656. The van der Waals surface area contributed by atoms with E-state index in [4.69, 9.17) is 0 Å². The Hall–Kier alpha value is -2.11. The molecule has 0 aromatic heterocycles. The van der Waals surface area contributed by atoms with Gasteiger partial charge in [-0.2, -0.15) is 0 Å². The predicted molar refractivity (Wildman–Crippen MR) is 91.6 cm³/mol. The highest BCUT2D eigenvalue weighted by molar-refractivity contribution is 7.77. The Bertz CT molecular complexity index is 668. The minimum Gasteiger partial charge on any atom is -0.512 e. The van der Waals surface area contributed by atoms with Crippen molar-refractivity contribution in [3.63, 3.8) is 0 Å². The van der Waals surface area contributed by atoms with Gasteiger partial charge in [0.25, 0.3) is 0 Å². The molecule has 0 unspecified atom stereocenters. The lowest BCUT2D eigenvalue weighted by Gasteiger charge is -2.18. The van der Waals surface area contributed by atoms with Crippen molar-refractivity contribution < 1.29 is 5.11 Å². The molecule has 1 aliphatic rings. The normalized spacial score (nSPS) is 16.2. The Morgan fingerprint density at radius 2 is 1.33 bits per heavy atom. The zero-order valence-electron chi connectivity index (χ0n) is 11.9. The molecule has 0 atom stereocenters. The van der Waals surface area contributed by atoms with Crippen LogP contribution in [0.1, 0.15) is 6.92 Å². The summed E-state index contributed by atoms with van der Waals surface area (Å²) in [5.74, 6) is 0.373. The van der Waals surface area contributed by atoms with E-state index in [1.165, 1.54) is 15.9 Å². The second kappa shape index (κ2) is 6.11. The Balaban J connectivity index is 2.09. The molecule has 3 rings (SSSR count). The fourth-order valence-corrected chi connectivity index (χ4v) is 4.72. The molecule has 0 saturated heterocycles. The van der Waals surface area contributed by atoms with Gasteiger partial charge >= 0.3 is 0 Å². The van der Waals surface area contributed by atoms with Gasteiger partial charge in [0, 0.05) is 5.57 Å². The van der Waals surface area contributed by atoms with Crippen molar-refractivity contribution >= 4 is 18.5 Å². The zero-order valence-corrected chi connectivity index (χ0v) is 12.8. The molecule has 1 aliphatic carbocycles. The van der Waals surface area contributed by atoms with Gasteiger partial charge in [-0.15, -0.1) is 0 Å². The first-order valence-electron chi connectivity index (χ1n) is 6.95. The van der Waals surface area contributed by atoms with Gasteiger partial charge in [-0.3, -0.25) is 0 Å². The molecule has 0 amide bonds. The fourth-order valence-electron chi connectivity index (χ4n) is 2.40. The molecule has 1 nitrogen and oxygen atoms in total. The summed E-state index contributed by atoms with van der Waals surface area (Å²) >= 11 is 0. The van der Waals surface area contributed by atoms with Gasteiger partial charge in [0.1, 0.15) is 0 Å². The van der Waals surface area contributed by atoms with E-state index in [1.54, 1.807) is 6.92 Å². The van der Waals surface area contributed by atoms with E-state index in [0.29, 0.717) is 5.76 Å². The number of aliphatic hydroxyl groups excluding tert-OH is 1. The summed E-state index contributed by atoms with van der Waals surface area (Å²) in [5, 5.41) is 13.6. The topological polar surface area (TPSA) is 20.2 Å². The van der Waals surface area contributed by atoms with Crippen LogP contribution in [0.4, 0.5) is 0 Å². The van der Waals surface area contributed by atoms with Crippen LogP contribution < -0.4 is 10.6 Å². The molecule has 0 heterocycles. The lowest BCUT2D eigenvalue weighted by atomic mass is 10.3. The van der Waals surface area contributed by atoms with Crippen molar-refractivity contribution in [2.24, 2.45) is 0 Å². The van der Waals surface area contributed by atoms with E-state index >= 15 is 0 Å². The predicted octanol–water partition coefficient (Wildman–Crippen LogP) is 4.41. The number of rotatable bonds is 3. The van der Waals surface area contributed by atoms with Gasteiger partial charge in [-0.05, 0) is 36.8 Å². The van der Waals surface area contributed by atoms with Crippen molar-refractivity contribution in [3.8, 4) is 0 Å². The van der Waals surface area contributed by atoms with E-state index < -0.39 is 7.92 Å². The highest BCUT2D eigenvalue weighted by Gasteiger charge is 2.19. The van der Waals surface area contributed by atoms with Crippen molar-refractivity contribution in [3.05, 3.63) is 95.5 Å². The lowest BCUT2D eigenvalue weighted by Crippen LogP contribution is -2.11. The van der Waals surface area contributed by atoms with E-state index in [1.807, 2.05) is 18.2 Å². The molecular weight excluding hydrogens is 275 g/mol. The molecule has 0 fully saturated rings. The summed E-state index contributed by atoms with van der Waals surface area (Å²) in [6.45, 7) is 1.73. The summed E-state index contributed by atoms with van der Waals surface area (Å²) in [4.78, 5) is 0. The molecule has 0 aliphatic heterocycles. The van der Waals surface area contributed by atoms with Gasteiger partial charge in [0.05, 0.1) is 5.76 Å². The number of benzene rings is 2. The number of hydrogen-bond donors (Lipinski definition) is 1. The maximum absolute atomic E-state index is 9.68. The monoisotopic (exact) mass is 292 g/mol. The first kappa shape index (κ1) is 13.9. The third kappa shape index (κ3) is 2.99. The van der Waals surface area contributed by atoms with Gasteiger partial charge in [-0.25, -0.2) is 0 Å². The highest BCUT2D eigenvalue weighted by atomic mass is 31.1. The first-order chi connectivity index (χ1) is 10.3. The molecule has 0 saturated carbocycles. The van der Waals surface area contributed by atoms with Crippen molar-refractivity contribution in [2.75, 3.05) is 0 Å². The maximum Gasteiger partial charge on any atom is 0.0964 e. The summed E-state index contributed by atoms with van der Waals surface area (Å²) in [7, 11) is -0.574. The maximum atomic E-state index is 9.68. The summed E-state index contributed by atoms with van der Waals surface area (Å²) < 4.78 is 0. The zero-order chi connectivity index (χ0) is 14.7. The molecule has 1 N–H and O–H groups in total. The van der Waals surface area contributed by atoms with Crippen LogP contribution in [0.15, 0.2) is 95.5 Å². The van der Waals surface area contributed by atoms with Crippen LogP contribution in [0.5, 0.6) is 0 Å². The van der Waals surface area contributed by atoms with Gasteiger partial charge < -0.3 is 5.11 Å².